The van der Waals surface area contributed by atoms with Crippen LogP contribution in [0.25, 0.3) is 0 Å². The highest BCUT2D eigenvalue weighted by molar-refractivity contribution is 7.73. The second kappa shape index (κ2) is 10.3. The smallest absolute Gasteiger partial charge is 0.299 e. The Morgan fingerprint density at radius 1 is 1.55 bits per heavy atom. The van der Waals surface area contributed by atoms with Crippen molar-refractivity contribution in [3.63, 3.8) is 0 Å². The van der Waals surface area contributed by atoms with Crippen LogP contribution in [0, 0.1) is 0 Å². The second-order valence-electron chi connectivity index (χ2n) is 1.36. The van der Waals surface area contributed by atoms with Gasteiger partial charge in [-0.05, 0) is 6.42 Å². The molecule has 0 aromatic carbocycles. The highest BCUT2D eigenvalue weighted by Crippen LogP contribution is 1.97. The summed E-state index contributed by atoms with van der Waals surface area (Å²) in [5.41, 5.74) is 0. The van der Waals surface area contributed by atoms with Gasteiger partial charge in [0.05, 0.1) is 5.38 Å². The summed E-state index contributed by atoms with van der Waals surface area (Å²) in [5.74, 6) is 0.451. The lowest BCUT2D eigenvalue weighted by Crippen LogP contribution is -1.98. The van der Waals surface area contributed by atoms with Crippen LogP contribution >= 0.6 is 23.2 Å². The molecule has 0 rings (SSSR count). The molecule has 2 N–H and O–H groups in total. The molecule has 0 aliphatic carbocycles. The van der Waals surface area contributed by atoms with Gasteiger partial charge in [-0.15, -0.1) is 23.2 Å². The highest BCUT2D eigenvalue weighted by atomic mass is 35.5. The summed E-state index contributed by atoms with van der Waals surface area (Å²) in [4.78, 5) is 9.70. The summed E-state index contributed by atoms with van der Waals surface area (Å²) < 4.78 is 22.8. The average molecular weight is 223 g/mol. The molecule has 7 heteroatoms. The van der Waals surface area contributed by atoms with Crippen molar-refractivity contribution >= 4 is 40.8 Å². The van der Waals surface area contributed by atoms with Gasteiger partial charge in [0.15, 0.2) is 0 Å². The molecular weight excluding hydrogens is 215 g/mol. The third-order valence-corrected chi connectivity index (χ3v) is 1.07. The predicted molar refractivity (Wildman–Crippen MR) is 44.4 cm³/mol. The summed E-state index contributed by atoms with van der Waals surface area (Å²) in [6, 6.07) is 0. The van der Waals surface area contributed by atoms with E-state index in [1.54, 1.807) is 0 Å². The summed E-state index contributed by atoms with van der Waals surface area (Å²) in [6.07, 6.45) is 1.25. The molecule has 0 amide bonds. The van der Waals surface area contributed by atoms with E-state index in [4.69, 9.17) is 36.5 Å². The van der Waals surface area contributed by atoms with Crippen molar-refractivity contribution in [2.45, 2.75) is 11.8 Å². The Bertz CT molecular complexity index is 117. The molecule has 0 saturated carbocycles. The molecule has 0 aromatic rings. The van der Waals surface area contributed by atoms with Crippen LogP contribution in [0.15, 0.2) is 0 Å². The normalized spacial score (nSPS) is 11.7. The molecule has 0 saturated heterocycles. The van der Waals surface area contributed by atoms with Gasteiger partial charge in [-0.2, -0.15) is 4.21 Å². The number of halogens is 2. The first-order valence-electron chi connectivity index (χ1n) is 2.49. The number of carbonyl (C=O) groups excluding carboxylic acids is 1. The Morgan fingerprint density at radius 3 is 2.00 bits per heavy atom. The van der Waals surface area contributed by atoms with Crippen LogP contribution in [0.4, 0.5) is 0 Å². The number of aldehydes is 1. The first kappa shape index (κ1) is 13.9. The minimum Gasteiger partial charge on any atom is -0.302 e. The van der Waals surface area contributed by atoms with E-state index < -0.39 is 16.7 Å². The molecule has 1 unspecified atom stereocenters. The lowest BCUT2D eigenvalue weighted by molar-refractivity contribution is -0.107. The topological polar surface area (TPSA) is 74.6 Å². The average Bonchev–Trinajstić information content (AvgIpc) is 1.87. The Morgan fingerprint density at radius 2 is 1.91 bits per heavy atom. The van der Waals surface area contributed by atoms with Crippen molar-refractivity contribution in [1.82, 2.24) is 0 Å². The SMILES string of the molecule is O=CC(Cl)CCCl.O=S(O)O. The van der Waals surface area contributed by atoms with Gasteiger partial charge in [-0.25, -0.2) is 0 Å². The number of alkyl halides is 2. The third kappa shape index (κ3) is 25.2. The van der Waals surface area contributed by atoms with Crippen molar-refractivity contribution in [1.29, 1.82) is 0 Å². The zero-order valence-electron chi connectivity index (χ0n) is 5.44. The minimum atomic E-state index is -2.61. The predicted octanol–water partition coefficient (Wildman–Crippen LogP) is 1.10. The van der Waals surface area contributed by atoms with Crippen molar-refractivity contribution in [3.8, 4) is 0 Å². The quantitative estimate of drug-likeness (QED) is 0.426. The van der Waals surface area contributed by atoms with Gasteiger partial charge in [-0.3, -0.25) is 9.11 Å². The Hall–Kier alpha value is 0.320. The van der Waals surface area contributed by atoms with Gasteiger partial charge in [0.2, 0.25) is 0 Å². The van der Waals surface area contributed by atoms with Crippen molar-refractivity contribution in [3.05, 3.63) is 0 Å². The van der Waals surface area contributed by atoms with Crippen LogP contribution in [0.1, 0.15) is 6.42 Å². The largest absolute Gasteiger partial charge is 0.302 e. The lowest BCUT2D eigenvalue weighted by atomic mass is 10.4. The molecule has 0 aliphatic rings. The second-order valence-corrected chi connectivity index (χ2v) is 2.76. The molecular formula is C4H8Cl2O4S. The maximum atomic E-state index is 9.70. The first-order valence-corrected chi connectivity index (χ1v) is 4.53. The molecule has 11 heavy (non-hydrogen) atoms. The minimum absolute atomic E-state index is 0.391. The number of rotatable bonds is 3. The van der Waals surface area contributed by atoms with Crippen molar-refractivity contribution in [2.75, 3.05) is 5.88 Å². The van der Waals surface area contributed by atoms with E-state index in [9.17, 15) is 4.79 Å². The van der Waals surface area contributed by atoms with Gasteiger partial charge >= 0.3 is 0 Å². The van der Waals surface area contributed by atoms with E-state index in [0.717, 1.165) is 0 Å². The van der Waals surface area contributed by atoms with E-state index in [2.05, 4.69) is 0 Å². The van der Waals surface area contributed by atoms with Crippen LogP contribution in [0.5, 0.6) is 0 Å². The third-order valence-electron chi connectivity index (χ3n) is 0.533. The van der Waals surface area contributed by atoms with Crippen LogP contribution in [0.3, 0.4) is 0 Å². The lowest BCUT2D eigenvalue weighted by Gasteiger charge is -1.91. The van der Waals surface area contributed by atoms with E-state index in [-0.39, 0.29) is 0 Å². The number of carbonyl (C=O) groups is 1. The van der Waals surface area contributed by atoms with E-state index in [0.29, 0.717) is 18.6 Å². The fourth-order valence-corrected chi connectivity index (χ4v) is 0.628. The van der Waals surface area contributed by atoms with Crippen molar-refractivity contribution < 1.29 is 18.1 Å². The van der Waals surface area contributed by atoms with Gasteiger partial charge in [0, 0.05) is 5.88 Å². The fraction of sp³-hybridized carbons (Fsp3) is 0.750. The van der Waals surface area contributed by atoms with E-state index in [1.807, 2.05) is 0 Å². The maximum absolute atomic E-state index is 9.70. The monoisotopic (exact) mass is 222 g/mol. The van der Waals surface area contributed by atoms with Crippen LogP contribution in [0.2, 0.25) is 0 Å². The first-order chi connectivity index (χ1) is 5.04. The molecule has 1 atom stereocenters. The van der Waals surface area contributed by atoms with Gasteiger partial charge in [0.25, 0.3) is 11.4 Å². The molecule has 0 fully saturated rings. The van der Waals surface area contributed by atoms with E-state index in [1.165, 1.54) is 0 Å². The van der Waals surface area contributed by atoms with Gasteiger partial charge in [-0.1, -0.05) is 0 Å². The molecule has 0 bridgehead atoms. The zero-order chi connectivity index (χ0) is 9.28. The summed E-state index contributed by atoms with van der Waals surface area (Å²) >= 11 is 7.93. The van der Waals surface area contributed by atoms with Crippen LogP contribution < -0.4 is 0 Å². The summed E-state index contributed by atoms with van der Waals surface area (Å²) in [5, 5.41) is -0.391. The molecule has 0 spiro atoms. The Balaban J connectivity index is 0. The highest BCUT2D eigenvalue weighted by Gasteiger charge is 1.97. The molecule has 0 aliphatic heterocycles. The van der Waals surface area contributed by atoms with Crippen LogP contribution in [-0.2, 0) is 16.2 Å². The molecule has 0 radical (unpaired) electrons. The molecule has 0 heterocycles. The number of hydrogen-bond acceptors (Lipinski definition) is 2. The maximum Gasteiger partial charge on any atom is 0.299 e. The molecule has 4 nitrogen and oxygen atoms in total. The standard InChI is InChI=1S/C4H6Cl2O.H2O3S/c5-2-1-4(6)3-7;1-4(2)3/h3-4H,1-2H2;(H2,1,2,3). The van der Waals surface area contributed by atoms with Gasteiger partial charge in [0.1, 0.15) is 6.29 Å². The molecule has 0 aromatic heterocycles. The van der Waals surface area contributed by atoms with Gasteiger partial charge < -0.3 is 4.79 Å². The van der Waals surface area contributed by atoms with E-state index >= 15 is 0 Å². The van der Waals surface area contributed by atoms with Crippen LogP contribution in [-0.4, -0.2) is 30.9 Å². The van der Waals surface area contributed by atoms with Crippen molar-refractivity contribution in [2.24, 2.45) is 0 Å². The summed E-state index contributed by atoms with van der Waals surface area (Å²) in [7, 11) is 0. The number of hydrogen-bond donors (Lipinski definition) is 2. The Labute approximate surface area is 77.0 Å². The fourth-order valence-electron chi connectivity index (χ4n) is 0.172. The zero-order valence-corrected chi connectivity index (χ0v) is 7.77. The molecule has 68 valence electrons. The summed E-state index contributed by atoms with van der Waals surface area (Å²) in [6.45, 7) is 0. The Kier molecular flexibility index (Phi) is 13.0.